The molecule has 42 valence electrons. The highest BCUT2D eigenvalue weighted by molar-refractivity contribution is 4.39. The van der Waals surface area contributed by atoms with E-state index in [1.807, 2.05) is 0 Å². The molecule has 0 aromatic carbocycles. The lowest BCUT2D eigenvalue weighted by Crippen LogP contribution is -2.18. The number of aliphatic hydroxyl groups excluding tert-OH is 1. The molecule has 1 unspecified atom stereocenters. The lowest BCUT2D eigenvalue weighted by Gasteiger charge is -1.94. The lowest BCUT2D eigenvalue weighted by molar-refractivity contribution is -0.521. The van der Waals surface area contributed by atoms with Crippen molar-refractivity contribution in [3.63, 3.8) is 0 Å². The van der Waals surface area contributed by atoms with Gasteiger partial charge in [-0.05, 0) is 0 Å². The maximum atomic E-state index is 9.71. The molecule has 4 nitrogen and oxygen atoms in total. The number of rotatable bonds is 2. The number of nitrogens with zero attached hydrogens (tertiary/aromatic N) is 1. The highest BCUT2D eigenvalue weighted by Crippen LogP contribution is 1.81. The van der Waals surface area contributed by atoms with E-state index in [1.54, 1.807) is 0 Å². The molecule has 0 radical (unpaired) electrons. The molecule has 0 heterocycles. The van der Waals surface area contributed by atoms with Gasteiger partial charge in [0.05, 0.1) is 0 Å². The van der Waals surface area contributed by atoms with Gasteiger partial charge >= 0.3 is 0 Å². The van der Waals surface area contributed by atoms with E-state index in [4.69, 9.17) is 6.48 Å². The summed E-state index contributed by atoms with van der Waals surface area (Å²) >= 11 is 0. The summed E-state index contributed by atoms with van der Waals surface area (Å²) in [5.74, 6) is 0. The third-order valence-corrected chi connectivity index (χ3v) is 0.540. The van der Waals surface area contributed by atoms with Gasteiger partial charge in [-0.3, -0.25) is 10.1 Å². The molecule has 0 saturated carbocycles. The van der Waals surface area contributed by atoms with Gasteiger partial charge in [0.1, 0.15) is 7.98 Å². The molecular formula is C3H7NO3. The topological polar surface area (TPSA) is 63.4 Å². The molecule has 0 rings (SSSR count). The minimum atomic E-state index is -1.93. The van der Waals surface area contributed by atoms with E-state index >= 15 is 0 Å². The molecule has 0 spiro atoms. The summed E-state index contributed by atoms with van der Waals surface area (Å²) in [7, 11) is 0. The van der Waals surface area contributed by atoms with Gasteiger partial charge in [-0.2, -0.15) is 0 Å². The van der Waals surface area contributed by atoms with Crippen molar-refractivity contribution in [1.82, 2.24) is 0 Å². The van der Waals surface area contributed by atoms with E-state index in [0.29, 0.717) is 0 Å². The van der Waals surface area contributed by atoms with Crippen molar-refractivity contribution < 1.29 is 11.4 Å². The summed E-state index contributed by atoms with van der Waals surface area (Å²) in [5, 5.41) is 17.8. The van der Waals surface area contributed by atoms with Crippen molar-refractivity contribution >= 4 is 0 Å². The monoisotopic (exact) mass is 106 g/mol. The number of hydrogen-bond donors (Lipinski definition) is 1. The van der Waals surface area contributed by atoms with E-state index in [2.05, 4.69) is 0 Å². The third kappa shape index (κ3) is 2.11. The molecule has 1 N–H and O–H groups in total. The van der Waals surface area contributed by atoms with Crippen molar-refractivity contribution in [1.29, 1.82) is 0 Å². The highest BCUT2D eigenvalue weighted by Gasteiger charge is 2.07. The predicted molar refractivity (Wildman–Crippen MR) is 23.5 cm³/mol. The molecule has 0 bridgehead atoms. The molecule has 0 aliphatic heterocycles. The van der Waals surface area contributed by atoms with Crippen molar-refractivity contribution in [3.8, 4) is 0 Å². The van der Waals surface area contributed by atoms with Crippen molar-refractivity contribution in [2.45, 2.75) is 12.9 Å². The first-order chi connectivity index (χ1) is 3.50. The van der Waals surface area contributed by atoms with Gasteiger partial charge in [-0.1, -0.05) is 0 Å². The van der Waals surface area contributed by atoms with Crippen LogP contribution in [0.15, 0.2) is 0 Å². The van der Waals surface area contributed by atoms with Crippen LogP contribution in [-0.4, -0.2) is 22.7 Å². The molecule has 0 fully saturated rings. The summed E-state index contributed by atoms with van der Waals surface area (Å²) < 4.78 is 6.68. The van der Waals surface area contributed by atoms with Crippen LogP contribution in [-0.2, 0) is 0 Å². The van der Waals surface area contributed by atoms with Crippen LogP contribution in [0.2, 0.25) is 0 Å². The fourth-order valence-corrected chi connectivity index (χ4v) is 0.0577. The normalized spacial score (nSPS) is 20.0. The first kappa shape index (κ1) is 4.52. The van der Waals surface area contributed by atoms with Crippen LogP contribution in [0.25, 0.3) is 0 Å². The van der Waals surface area contributed by atoms with Gasteiger partial charge in [0.2, 0.25) is 6.02 Å². The Labute approximate surface area is 42.3 Å². The smallest absolute Gasteiger partial charge is 0.233 e. The third-order valence-electron chi connectivity index (χ3n) is 0.540. The first-order valence-corrected chi connectivity index (χ1v) is 1.76. The molecule has 0 saturated heterocycles. The molecule has 0 amide bonds. The zero-order valence-electron chi connectivity index (χ0n) is 4.92. The Hall–Kier alpha value is -0.640. The number of nitro groups is 1. The van der Waals surface area contributed by atoms with Crippen molar-refractivity contribution in [3.05, 3.63) is 10.1 Å². The highest BCUT2D eigenvalue weighted by atomic mass is 16.6. The lowest BCUT2D eigenvalue weighted by atomic mass is 10.4. The van der Waals surface area contributed by atoms with Gasteiger partial charge in [0, 0.05) is 11.8 Å². The molecule has 4 heteroatoms. The number of hydrogen-bond acceptors (Lipinski definition) is 3. The summed E-state index contributed by atoms with van der Waals surface area (Å²) in [6.07, 6.45) is 0. The Balaban J connectivity index is 3.91. The Bertz CT molecular complexity index is 103. The second kappa shape index (κ2) is 2.52. The minimum Gasteiger partial charge on any atom is -0.389 e. The standard InChI is InChI=1S/C3H7NO3/c1-3(2-5)4(6)7/h3,5H,2H2,1H3/i3D. The second-order valence-corrected chi connectivity index (χ2v) is 1.15. The van der Waals surface area contributed by atoms with Crippen LogP contribution in [0.4, 0.5) is 0 Å². The van der Waals surface area contributed by atoms with Crippen LogP contribution in [0.5, 0.6) is 0 Å². The zero-order valence-corrected chi connectivity index (χ0v) is 3.92. The summed E-state index contributed by atoms with van der Waals surface area (Å²) in [6.45, 7) is 0.285. The predicted octanol–water partition coefficient (Wildman–Crippen LogP) is -0.356. The van der Waals surface area contributed by atoms with Crippen molar-refractivity contribution in [2.75, 3.05) is 6.61 Å². The van der Waals surface area contributed by atoms with Gasteiger partial charge in [-0.15, -0.1) is 0 Å². The zero-order chi connectivity index (χ0) is 6.78. The molecule has 0 aromatic heterocycles. The van der Waals surface area contributed by atoms with Gasteiger partial charge in [0.25, 0.3) is 0 Å². The molecule has 0 aromatic rings. The maximum Gasteiger partial charge on any atom is 0.233 e. The summed E-state index contributed by atoms with van der Waals surface area (Å²) in [6, 6.07) is -1.93. The van der Waals surface area contributed by atoms with E-state index < -0.39 is 17.5 Å². The van der Waals surface area contributed by atoms with Gasteiger partial charge < -0.3 is 5.11 Å². The Kier molecular flexibility index (Phi) is 1.63. The summed E-state index contributed by atoms with van der Waals surface area (Å²) in [5.41, 5.74) is 0. The Morgan fingerprint density at radius 3 is 2.71 bits per heavy atom. The Morgan fingerprint density at radius 2 is 2.71 bits per heavy atom. The van der Waals surface area contributed by atoms with Crippen LogP contribution in [0, 0.1) is 10.1 Å². The molecule has 0 aliphatic rings. The second-order valence-electron chi connectivity index (χ2n) is 1.15. The molecular weight excluding hydrogens is 98.0 g/mol. The van der Waals surface area contributed by atoms with E-state index in [0.717, 1.165) is 6.92 Å². The molecule has 7 heavy (non-hydrogen) atoms. The SMILES string of the molecule is [2H]C(C)(CO)[N+](=O)[O-]. The fraction of sp³-hybridized carbons (Fsp3) is 1.00. The molecule has 0 aliphatic carbocycles. The minimum absolute atomic E-state index is 0.750. The van der Waals surface area contributed by atoms with Crippen LogP contribution in [0.3, 0.4) is 0 Å². The van der Waals surface area contributed by atoms with Crippen LogP contribution in [0.1, 0.15) is 8.29 Å². The van der Waals surface area contributed by atoms with Gasteiger partial charge in [-0.25, -0.2) is 0 Å². The van der Waals surface area contributed by atoms with E-state index in [-0.39, 0.29) is 0 Å². The number of aliphatic hydroxyl groups is 1. The molecule has 1 atom stereocenters. The maximum absolute atomic E-state index is 9.71. The fourth-order valence-electron chi connectivity index (χ4n) is 0.0577. The van der Waals surface area contributed by atoms with Crippen LogP contribution < -0.4 is 0 Å². The first-order valence-electron chi connectivity index (χ1n) is 2.26. The average Bonchev–Trinajstić information content (AvgIpc) is 1.67. The van der Waals surface area contributed by atoms with Crippen molar-refractivity contribution in [2.24, 2.45) is 0 Å². The van der Waals surface area contributed by atoms with Crippen LogP contribution >= 0.6 is 0 Å². The van der Waals surface area contributed by atoms with E-state index in [9.17, 15) is 10.1 Å². The Morgan fingerprint density at radius 1 is 2.29 bits per heavy atom. The largest absolute Gasteiger partial charge is 0.389 e. The van der Waals surface area contributed by atoms with Gasteiger partial charge in [0.15, 0.2) is 0 Å². The average molecular weight is 106 g/mol. The summed E-state index contributed by atoms with van der Waals surface area (Å²) in [4.78, 5) is 8.87. The quantitative estimate of drug-likeness (QED) is 0.386. The van der Waals surface area contributed by atoms with E-state index in [1.165, 1.54) is 0 Å².